The molecule has 3 saturated heterocycles. The van der Waals surface area contributed by atoms with Crippen LogP contribution in [0, 0.1) is 6.92 Å². The van der Waals surface area contributed by atoms with Gasteiger partial charge in [0.15, 0.2) is 0 Å². The lowest BCUT2D eigenvalue weighted by Gasteiger charge is -2.35. The van der Waals surface area contributed by atoms with Gasteiger partial charge in [-0.1, -0.05) is 42.7 Å². The molecule has 2 atom stereocenters. The number of nitrogens with one attached hydrogen (secondary N) is 2. The molecule has 2 unspecified atom stereocenters. The number of aliphatic carboxylic acids is 1. The van der Waals surface area contributed by atoms with Gasteiger partial charge in [-0.15, -0.1) is 11.8 Å². The number of aryl methyl sites for hydroxylation is 2. The highest BCUT2D eigenvalue weighted by Crippen LogP contribution is 2.31. The molecule has 0 spiro atoms. The Balaban J connectivity index is 1.32. The smallest absolute Gasteiger partial charge is 0.317 e. The van der Waals surface area contributed by atoms with Gasteiger partial charge in [-0.2, -0.15) is 0 Å². The summed E-state index contributed by atoms with van der Waals surface area (Å²) in [6.45, 7) is 11.4. The topological polar surface area (TPSA) is 231 Å². The molecule has 0 aliphatic carbocycles. The van der Waals surface area contributed by atoms with Crippen molar-refractivity contribution in [2.75, 3.05) is 145 Å². The largest absolute Gasteiger partial charge is 0.480 e. The van der Waals surface area contributed by atoms with Crippen molar-refractivity contribution in [3.63, 3.8) is 0 Å². The number of nitrogens with zero attached hydrogens (tertiary/aromatic N) is 7. The highest BCUT2D eigenvalue weighted by atomic mass is 32.2. The Labute approximate surface area is 436 Å². The first-order chi connectivity index (χ1) is 35.4. The van der Waals surface area contributed by atoms with Crippen molar-refractivity contribution in [2.24, 2.45) is 0 Å². The van der Waals surface area contributed by atoms with Crippen LogP contribution in [-0.2, 0) is 59.0 Å². The Morgan fingerprint density at radius 3 is 1.93 bits per heavy atom. The number of likely N-dealkylation sites (tertiary alicyclic amines) is 1. The van der Waals surface area contributed by atoms with Crippen LogP contribution >= 0.6 is 11.8 Å². The first-order valence-electron chi connectivity index (χ1n) is 26.2. The quantitative estimate of drug-likeness (QED) is 0.0511. The molecule has 22 heteroatoms. The summed E-state index contributed by atoms with van der Waals surface area (Å²) in [5.74, 6) is -1.75. The lowest BCUT2D eigenvalue weighted by molar-refractivity contribution is -0.140. The first kappa shape index (κ1) is 60.8. The van der Waals surface area contributed by atoms with Crippen molar-refractivity contribution in [1.29, 1.82) is 0 Å². The summed E-state index contributed by atoms with van der Waals surface area (Å²) in [6, 6.07) is 8.34. The highest BCUT2D eigenvalue weighted by Gasteiger charge is 2.40. The number of carbonyl (C=O) groups excluding carboxylic acids is 7. The molecule has 4 rings (SSSR count). The number of piperazine rings is 1. The van der Waals surface area contributed by atoms with Crippen LogP contribution in [0.15, 0.2) is 24.3 Å². The molecule has 0 aromatic heterocycles. The monoisotopic (exact) mass is 1050 g/mol. The first-order valence-corrected chi connectivity index (χ1v) is 27.1. The normalized spacial score (nSPS) is 18.7. The van der Waals surface area contributed by atoms with E-state index in [9.17, 15) is 43.5 Å². The summed E-state index contributed by atoms with van der Waals surface area (Å²) in [7, 11) is 1.70. The van der Waals surface area contributed by atoms with Crippen LogP contribution in [0.1, 0.15) is 81.8 Å². The Morgan fingerprint density at radius 1 is 0.699 bits per heavy atom. The lowest BCUT2D eigenvalue weighted by atomic mass is 10.1. The summed E-state index contributed by atoms with van der Waals surface area (Å²) in [4.78, 5) is 113. The number of carboxylic acids is 1. The highest BCUT2D eigenvalue weighted by molar-refractivity contribution is 8.01. The molecule has 3 heterocycles. The average Bonchev–Trinajstić information content (AvgIpc) is 3.64. The van der Waals surface area contributed by atoms with Gasteiger partial charge in [0.25, 0.3) is 12.9 Å². The number of ether oxygens (including phenoxy) is 3. The summed E-state index contributed by atoms with van der Waals surface area (Å²) in [6.07, 6.45) is 7.76. The second-order valence-corrected chi connectivity index (χ2v) is 20.7. The van der Waals surface area contributed by atoms with E-state index in [1.807, 2.05) is 26.5 Å². The molecule has 3 aliphatic rings. The third-order valence-corrected chi connectivity index (χ3v) is 15.0. The van der Waals surface area contributed by atoms with Crippen molar-refractivity contribution >= 4 is 60.2 Å². The molecule has 0 bridgehead atoms. The fraction of sp³-hybridized carbons (Fsp3) is 0.725. The maximum absolute atomic E-state index is 13.8. The number of imide groups is 1. The fourth-order valence-corrected chi connectivity index (χ4v) is 10.5. The van der Waals surface area contributed by atoms with Crippen LogP contribution in [0.4, 0.5) is 0 Å². The summed E-state index contributed by atoms with van der Waals surface area (Å²) < 4.78 is 15.2. The Bertz CT molecular complexity index is 1840. The number of methoxy groups -OCH3 is 1. The number of carboxylic acid groups (broad SMARTS) is 1. The molecule has 1 aromatic carbocycles. The zero-order chi connectivity index (χ0) is 52.6. The fourth-order valence-electron chi connectivity index (χ4n) is 9.09. The lowest BCUT2D eigenvalue weighted by Crippen LogP contribution is -2.49. The van der Waals surface area contributed by atoms with Gasteiger partial charge in [-0.25, -0.2) is 0 Å². The van der Waals surface area contributed by atoms with E-state index in [0.29, 0.717) is 104 Å². The van der Waals surface area contributed by atoms with Crippen LogP contribution < -0.4 is 10.6 Å². The minimum absolute atomic E-state index is 0.00258. The van der Waals surface area contributed by atoms with Crippen molar-refractivity contribution in [2.45, 2.75) is 94.5 Å². The van der Waals surface area contributed by atoms with Gasteiger partial charge in [0.05, 0.1) is 18.3 Å². The minimum Gasteiger partial charge on any atom is -0.480 e. The van der Waals surface area contributed by atoms with Gasteiger partial charge in [-0.05, 0) is 64.0 Å². The van der Waals surface area contributed by atoms with Gasteiger partial charge >= 0.3 is 5.97 Å². The molecular weight excluding hydrogens is 963 g/mol. The van der Waals surface area contributed by atoms with Gasteiger partial charge in [0.2, 0.25) is 29.5 Å². The molecular formula is C51H83N9O12S. The average molecular weight is 1050 g/mol. The maximum atomic E-state index is 13.8. The van der Waals surface area contributed by atoms with Crippen LogP contribution in [0.25, 0.3) is 0 Å². The Morgan fingerprint density at radius 2 is 1.32 bits per heavy atom. The van der Waals surface area contributed by atoms with Crippen molar-refractivity contribution in [3.05, 3.63) is 35.4 Å². The standard InChI is InChI=1S/C51H83N9O12S/c1-42-14-16-43(17-15-42)10-8-12-46(63)52-18-5-3-4-11-44(73-45-34-49(66)60(51(45)69)20-9-13-48(65)59-31-29-54(30-32-59)19-6-7-33-70-2)35-53-47(64)36-55-21-22-56(37-50(67)68)24-26-58(39-72-41-62)28-27-57(25-23-55)38-71-40-61/h14-17,40-41,44-45H,3-13,18-39H2,1-2H3,(H,52,63)(H,53,64)(H,67,68). The SMILES string of the molecule is COCCCCN1CCN(C(=O)CCCN2C(=O)CC(SC(CCCCCNC(=O)CCCc3ccc(C)cc3)CNC(=O)CN3CCN(COC=O)CCN(COC=O)CCN(CC(=O)O)CC3)C2=O)CC1. The predicted octanol–water partition coefficient (Wildman–Crippen LogP) is 1.26. The molecule has 1 aromatic rings. The number of amides is 5. The molecule has 73 heavy (non-hydrogen) atoms. The van der Waals surface area contributed by atoms with E-state index in [1.54, 1.807) is 12.0 Å². The van der Waals surface area contributed by atoms with E-state index in [-0.39, 0.29) is 87.3 Å². The predicted molar refractivity (Wildman–Crippen MR) is 276 cm³/mol. The van der Waals surface area contributed by atoms with Gasteiger partial charge in [-0.3, -0.25) is 67.8 Å². The van der Waals surface area contributed by atoms with Crippen LogP contribution in [0.2, 0.25) is 0 Å². The van der Waals surface area contributed by atoms with Crippen LogP contribution in [-0.4, -0.2) is 243 Å². The van der Waals surface area contributed by atoms with Crippen molar-refractivity contribution < 1.29 is 57.7 Å². The van der Waals surface area contributed by atoms with Gasteiger partial charge < -0.3 is 34.9 Å². The summed E-state index contributed by atoms with van der Waals surface area (Å²) in [5.41, 5.74) is 2.41. The van der Waals surface area contributed by atoms with Crippen LogP contribution in [0.5, 0.6) is 0 Å². The number of rotatable bonds is 33. The minimum atomic E-state index is -0.993. The Kier molecular flexibility index (Phi) is 29.6. The van der Waals surface area contributed by atoms with Crippen molar-refractivity contribution in [3.8, 4) is 0 Å². The maximum Gasteiger partial charge on any atom is 0.317 e. The molecule has 410 valence electrons. The van der Waals surface area contributed by atoms with E-state index in [1.165, 1.54) is 27.8 Å². The van der Waals surface area contributed by atoms with E-state index in [4.69, 9.17) is 14.2 Å². The molecule has 21 nitrogen and oxygen atoms in total. The molecule has 3 fully saturated rings. The van der Waals surface area contributed by atoms with E-state index in [0.717, 1.165) is 71.2 Å². The third-order valence-electron chi connectivity index (χ3n) is 13.5. The van der Waals surface area contributed by atoms with Crippen LogP contribution in [0.3, 0.4) is 0 Å². The number of unbranched alkanes of at least 4 members (excludes halogenated alkanes) is 3. The molecule has 3 N–H and O–H groups in total. The summed E-state index contributed by atoms with van der Waals surface area (Å²) >= 11 is 1.40. The summed E-state index contributed by atoms with van der Waals surface area (Å²) in [5, 5.41) is 14.9. The van der Waals surface area contributed by atoms with E-state index < -0.39 is 11.2 Å². The molecule has 0 saturated carbocycles. The van der Waals surface area contributed by atoms with E-state index >= 15 is 0 Å². The number of benzene rings is 1. The molecule has 5 amide bonds. The molecule has 0 radical (unpaired) electrons. The third kappa shape index (κ3) is 24.9. The van der Waals surface area contributed by atoms with Gasteiger partial charge in [0.1, 0.15) is 13.5 Å². The van der Waals surface area contributed by atoms with Crippen molar-refractivity contribution in [1.82, 2.24) is 44.9 Å². The number of carbonyl (C=O) groups is 8. The van der Waals surface area contributed by atoms with Gasteiger partial charge in [0, 0.05) is 136 Å². The number of hydrogen-bond acceptors (Lipinski definition) is 17. The van der Waals surface area contributed by atoms with E-state index in [2.05, 4.69) is 39.8 Å². The number of thioether (sulfide) groups is 1. The number of hydrogen-bond donors (Lipinski definition) is 3. The molecule has 3 aliphatic heterocycles. The zero-order valence-electron chi connectivity index (χ0n) is 43.4. The second kappa shape index (κ2) is 35.5. The second-order valence-electron chi connectivity index (χ2n) is 19.2. The zero-order valence-corrected chi connectivity index (χ0v) is 44.2. The Hall–Kier alpha value is -4.71.